The molecule has 0 aliphatic carbocycles. The second-order valence-electron chi connectivity index (χ2n) is 7.18. The van der Waals surface area contributed by atoms with Crippen molar-refractivity contribution in [3.8, 4) is 28.5 Å². The van der Waals surface area contributed by atoms with Gasteiger partial charge in [-0.05, 0) is 24.6 Å². The van der Waals surface area contributed by atoms with Crippen LogP contribution in [0.1, 0.15) is 32.6 Å². The van der Waals surface area contributed by atoms with Crippen molar-refractivity contribution in [2.45, 2.75) is 32.6 Å². The van der Waals surface area contributed by atoms with Crippen LogP contribution in [0, 0.1) is 5.92 Å². The fourth-order valence-electron chi connectivity index (χ4n) is 3.31. The molecule has 0 spiro atoms. The van der Waals surface area contributed by atoms with Gasteiger partial charge in [0.1, 0.15) is 0 Å². The van der Waals surface area contributed by atoms with Crippen molar-refractivity contribution < 1.29 is 29.0 Å². The van der Waals surface area contributed by atoms with Gasteiger partial charge in [-0.2, -0.15) is 0 Å². The third-order valence-corrected chi connectivity index (χ3v) is 4.99. The number of benzene rings is 1. The van der Waals surface area contributed by atoms with Crippen LogP contribution in [0.15, 0.2) is 24.4 Å². The molecule has 0 fully saturated rings. The average molecular weight is 462 g/mol. The van der Waals surface area contributed by atoms with Crippen LogP contribution in [0.2, 0.25) is 0 Å². The first-order chi connectivity index (χ1) is 16.0. The van der Waals surface area contributed by atoms with Gasteiger partial charge < -0.3 is 14.2 Å². The molecule has 0 aliphatic heterocycles. The Morgan fingerprint density at radius 2 is 1.91 bits per heavy atom. The molecule has 0 saturated carbocycles. The number of rotatable bonds is 14. The lowest BCUT2D eigenvalue weighted by molar-refractivity contribution is -0.154. The van der Waals surface area contributed by atoms with E-state index in [0.717, 1.165) is 19.3 Å². The minimum atomic E-state index is -0.589. The average Bonchev–Trinajstić information content (AvgIpc) is 2.85. The molecule has 180 valence electrons. The van der Waals surface area contributed by atoms with Gasteiger partial charge in [0, 0.05) is 11.8 Å². The van der Waals surface area contributed by atoms with E-state index in [1.54, 1.807) is 18.2 Å². The molecule has 0 bridgehead atoms. The minimum absolute atomic E-state index is 0.107. The minimum Gasteiger partial charge on any atom is -0.493 e. The van der Waals surface area contributed by atoms with Crippen LogP contribution in [0.4, 0.5) is 5.95 Å². The van der Waals surface area contributed by atoms with Crippen molar-refractivity contribution in [1.82, 2.24) is 20.5 Å². The summed E-state index contributed by atoms with van der Waals surface area (Å²) in [5.74, 6) is 0.565. The molecule has 0 unspecified atom stereocenters. The molecule has 0 aliphatic rings. The number of amides is 2. The molecule has 1 heterocycles. The molecule has 1 aromatic carbocycles. The van der Waals surface area contributed by atoms with E-state index >= 15 is 0 Å². The number of carbonyl (C=O) groups excluding carboxylic acids is 2. The predicted molar refractivity (Wildman–Crippen MR) is 121 cm³/mol. The van der Waals surface area contributed by atoms with Gasteiger partial charge in [0.2, 0.25) is 24.0 Å². The maximum absolute atomic E-state index is 12.6. The molecule has 33 heavy (non-hydrogen) atoms. The number of hydrogen-bond donors (Lipinski definition) is 3. The molecule has 2 aromatic rings. The summed E-state index contributed by atoms with van der Waals surface area (Å²) in [7, 11) is 4.57. The van der Waals surface area contributed by atoms with Crippen molar-refractivity contribution in [1.29, 1.82) is 0 Å². The quantitative estimate of drug-likeness (QED) is 0.168. The molecule has 3 N–H and O–H groups in total. The Hall–Kier alpha value is -3.60. The molecule has 0 saturated heterocycles. The number of carbonyl (C=O) groups is 2. The molecular formula is C22H31N5O6. The Morgan fingerprint density at radius 3 is 2.55 bits per heavy atom. The van der Waals surface area contributed by atoms with Crippen molar-refractivity contribution in [3.63, 3.8) is 0 Å². The van der Waals surface area contributed by atoms with Gasteiger partial charge in [-0.3, -0.25) is 25.6 Å². The number of hydroxylamine groups is 2. The number of methoxy groups -OCH3 is 3. The SMILES string of the molecule is CCCCC[C@@H](CN(O)C=O)C(=O)NNc1nccc(-c2ccc(OC)c(OC)c2OC)n1. The normalized spacial score (nSPS) is 11.3. The highest BCUT2D eigenvalue weighted by Gasteiger charge is 2.21. The van der Waals surface area contributed by atoms with Crippen molar-refractivity contribution >= 4 is 18.3 Å². The molecule has 1 aromatic heterocycles. The Bertz CT molecular complexity index is 926. The van der Waals surface area contributed by atoms with Crippen molar-refractivity contribution in [2.75, 3.05) is 33.3 Å². The molecule has 2 rings (SSSR count). The van der Waals surface area contributed by atoms with E-state index in [9.17, 15) is 14.8 Å². The van der Waals surface area contributed by atoms with Crippen LogP contribution in [0.25, 0.3) is 11.3 Å². The highest BCUT2D eigenvalue weighted by Crippen LogP contribution is 2.43. The van der Waals surface area contributed by atoms with Gasteiger partial charge in [-0.25, -0.2) is 15.0 Å². The van der Waals surface area contributed by atoms with Gasteiger partial charge in [-0.1, -0.05) is 26.2 Å². The summed E-state index contributed by atoms with van der Waals surface area (Å²) in [6.07, 6.45) is 5.07. The van der Waals surface area contributed by atoms with Gasteiger partial charge in [0.05, 0.1) is 39.5 Å². The third-order valence-electron chi connectivity index (χ3n) is 4.99. The van der Waals surface area contributed by atoms with Crippen LogP contribution in [0.3, 0.4) is 0 Å². The van der Waals surface area contributed by atoms with Gasteiger partial charge in [-0.15, -0.1) is 0 Å². The molecular weight excluding hydrogens is 430 g/mol. The number of nitrogens with one attached hydrogen (secondary N) is 2. The zero-order chi connectivity index (χ0) is 24.2. The first-order valence-electron chi connectivity index (χ1n) is 10.6. The molecule has 11 heteroatoms. The highest BCUT2D eigenvalue weighted by molar-refractivity contribution is 5.80. The number of anilines is 1. The number of aromatic nitrogens is 2. The number of nitrogens with zero attached hydrogens (tertiary/aromatic N) is 3. The molecule has 1 atom stereocenters. The fourth-order valence-corrected chi connectivity index (χ4v) is 3.31. The van der Waals surface area contributed by atoms with E-state index in [1.807, 2.05) is 0 Å². The number of hydrazine groups is 1. The van der Waals surface area contributed by atoms with E-state index in [1.165, 1.54) is 27.5 Å². The molecule has 11 nitrogen and oxygen atoms in total. The maximum Gasteiger partial charge on any atom is 0.243 e. The second-order valence-corrected chi connectivity index (χ2v) is 7.18. The predicted octanol–water partition coefficient (Wildman–Crippen LogP) is 2.66. The van der Waals surface area contributed by atoms with Crippen LogP contribution < -0.4 is 25.1 Å². The summed E-state index contributed by atoms with van der Waals surface area (Å²) in [4.78, 5) is 32.0. The Morgan fingerprint density at radius 1 is 1.15 bits per heavy atom. The zero-order valence-corrected chi connectivity index (χ0v) is 19.3. The van der Waals surface area contributed by atoms with E-state index in [0.29, 0.717) is 40.0 Å². The summed E-state index contributed by atoms with van der Waals surface area (Å²) in [5, 5.41) is 9.99. The Kier molecular flexibility index (Phi) is 10.2. The lowest BCUT2D eigenvalue weighted by atomic mass is 10.0. The van der Waals surface area contributed by atoms with Gasteiger partial charge >= 0.3 is 0 Å². The Labute approximate surface area is 193 Å². The fraction of sp³-hybridized carbons (Fsp3) is 0.455. The van der Waals surface area contributed by atoms with Crippen molar-refractivity contribution in [2.24, 2.45) is 5.92 Å². The lowest BCUT2D eigenvalue weighted by Crippen LogP contribution is -2.40. The summed E-state index contributed by atoms with van der Waals surface area (Å²) in [5.41, 5.74) is 6.43. The summed E-state index contributed by atoms with van der Waals surface area (Å²) < 4.78 is 16.2. The number of hydrogen-bond acceptors (Lipinski definition) is 9. The van der Waals surface area contributed by atoms with E-state index in [2.05, 4.69) is 27.7 Å². The number of ether oxygens (including phenoxy) is 3. The van der Waals surface area contributed by atoms with Crippen LogP contribution in [-0.4, -0.2) is 60.4 Å². The lowest BCUT2D eigenvalue weighted by Gasteiger charge is -2.20. The number of unbranched alkanes of at least 4 members (excludes halogenated alkanes) is 2. The van der Waals surface area contributed by atoms with Crippen LogP contribution in [0.5, 0.6) is 17.2 Å². The monoisotopic (exact) mass is 461 g/mol. The van der Waals surface area contributed by atoms with Gasteiger partial charge in [0.15, 0.2) is 11.5 Å². The van der Waals surface area contributed by atoms with E-state index in [-0.39, 0.29) is 24.8 Å². The standard InChI is InChI=1S/C22H31N5O6/c1-5-6-7-8-15(13-27(30)14-28)21(29)25-26-22-23-12-11-17(24-22)16-9-10-18(31-2)20(33-4)19(16)32-3/h9-12,14-15,30H,5-8,13H2,1-4H3,(H,25,29)(H,23,24,26)/t15-/m0/s1. The molecule has 0 radical (unpaired) electrons. The first-order valence-corrected chi connectivity index (χ1v) is 10.6. The summed E-state index contributed by atoms with van der Waals surface area (Å²) in [6, 6.07) is 5.21. The smallest absolute Gasteiger partial charge is 0.243 e. The molecule has 2 amide bonds. The zero-order valence-electron chi connectivity index (χ0n) is 19.3. The summed E-state index contributed by atoms with van der Waals surface area (Å²) >= 11 is 0. The van der Waals surface area contributed by atoms with Crippen LogP contribution in [-0.2, 0) is 9.59 Å². The van der Waals surface area contributed by atoms with Crippen molar-refractivity contribution in [3.05, 3.63) is 24.4 Å². The summed E-state index contributed by atoms with van der Waals surface area (Å²) in [6.45, 7) is 1.95. The van der Waals surface area contributed by atoms with Gasteiger partial charge in [0.25, 0.3) is 0 Å². The maximum atomic E-state index is 12.6. The first kappa shape index (κ1) is 25.7. The van der Waals surface area contributed by atoms with E-state index in [4.69, 9.17) is 14.2 Å². The topological polar surface area (TPSA) is 135 Å². The highest BCUT2D eigenvalue weighted by atomic mass is 16.5. The Balaban J connectivity index is 2.18. The third kappa shape index (κ3) is 6.94. The van der Waals surface area contributed by atoms with E-state index < -0.39 is 5.92 Å². The van der Waals surface area contributed by atoms with Crippen LogP contribution >= 0.6 is 0 Å². The second kappa shape index (κ2) is 13.1. The largest absolute Gasteiger partial charge is 0.493 e.